The maximum Gasteiger partial charge on any atom is 0.263 e. The first kappa shape index (κ1) is 18.0. The van der Waals surface area contributed by atoms with Crippen molar-refractivity contribution in [3.63, 3.8) is 0 Å². The molecule has 0 saturated carbocycles. The van der Waals surface area contributed by atoms with Crippen LogP contribution in [0.4, 0.5) is 5.69 Å². The summed E-state index contributed by atoms with van der Waals surface area (Å²) >= 11 is 0. The number of hydroxylamine groups is 2. The second kappa shape index (κ2) is 6.36. The van der Waals surface area contributed by atoms with Gasteiger partial charge in [0.05, 0.1) is 19.7 Å². The van der Waals surface area contributed by atoms with E-state index >= 15 is 0 Å². The molecule has 2 aliphatic rings. The summed E-state index contributed by atoms with van der Waals surface area (Å²) in [5.74, 6) is 0.807. The number of nitrogens with zero attached hydrogens (tertiary/aromatic N) is 2. The van der Waals surface area contributed by atoms with Gasteiger partial charge in [-0.05, 0) is 50.6 Å². The van der Waals surface area contributed by atoms with Crippen LogP contribution in [0.2, 0.25) is 0 Å². The fourth-order valence-corrected chi connectivity index (χ4v) is 3.96. The zero-order valence-electron chi connectivity index (χ0n) is 16.3. The fraction of sp³-hybridized carbons (Fsp3) is 0.409. The number of benzene rings is 2. The van der Waals surface area contributed by atoms with Gasteiger partial charge in [0.2, 0.25) is 0 Å². The van der Waals surface area contributed by atoms with Crippen molar-refractivity contribution in [3.8, 4) is 5.75 Å². The maximum absolute atomic E-state index is 13.1. The van der Waals surface area contributed by atoms with Crippen molar-refractivity contribution in [2.45, 2.75) is 44.4 Å². The lowest BCUT2D eigenvalue weighted by molar-refractivity contribution is -0.248. The largest absolute Gasteiger partial charge is 0.497 e. The Morgan fingerprint density at radius 1 is 1.07 bits per heavy atom. The average molecular weight is 366 g/mol. The molecule has 142 valence electrons. The van der Waals surface area contributed by atoms with Crippen molar-refractivity contribution in [1.29, 1.82) is 0 Å². The molecule has 2 aromatic rings. The van der Waals surface area contributed by atoms with Gasteiger partial charge in [0.15, 0.2) is 5.60 Å². The molecule has 1 spiro atoms. The van der Waals surface area contributed by atoms with E-state index in [-0.39, 0.29) is 17.5 Å². The summed E-state index contributed by atoms with van der Waals surface area (Å²) in [5.41, 5.74) is 1.08. The van der Waals surface area contributed by atoms with Gasteiger partial charge in [-0.3, -0.25) is 9.63 Å². The number of β-lactam (4-membered cyclic amide) rings is 1. The highest BCUT2D eigenvalue weighted by atomic mass is 16.7. The molecule has 2 atom stereocenters. The van der Waals surface area contributed by atoms with E-state index in [9.17, 15) is 4.79 Å². The lowest BCUT2D eigenvalue weighted by atomic mass is 9.84. The Balaban J connectivity index is 1.58. The molecule has 2 aromatic carbocycles. The highest BCUT2D eigenvalue weighted by molar-refractivity contribution is 6.07. The SMILES string of the molecule is COc1ccc(N2C[C@]3(C[C@@H](c4ccccc4)N(C(C)(C)C)O3)C2=O)cc1. The molecular weight excluding hydrogens is 340 g/mol. The Hall–Kier alpha value is -2.37. The van der Waals surface area contributed by atoms with Crippen molar-refractivity contribution in [2.75, 3.05) is 18.6 Å². The van der Waals surface area contributed by atoms with Gasteiger partial charge >= 0.3 is 0 Å². The summed E-state index contributed by atoms with van der Waals surface area (Å²) < 4.78 is 5.20. The van der Waals surface area contributed by atoms with E-state index in [0.29, 0.717) is 13.0 Å². The van der Waals surface area contributed by atoms with E-state index in [0.717, 1.165) is 11.4 Å². The van der Waals surface area contributed by atoms with Crippen molar-refractivity contribution >= 4 is 11.6 Å². The van der Waals surface area contributed by atoms with E-state index in [1.54, 1.807) is 12.0 Å². The summed E-state index contributed by atoms with van der Waals surface area (Å²) in [4.78, 5) is 21.3. The summed E-state index contributed by atoms with van der Waals surface area (Å²) in [6.07, 6.45) is 0.666. The van der Waals surface area contributed by atoms with E-state index in [1.807, 2.05) is 47.5 Å². The number of hydrogen-bond donors (Lipinski definition) is 0. The summed E-state index contributed by atoms with van der Waals surface area (Å²) in [7, 11) is 1.63. The normalized spacial score (nSPS) is 25.7. The number of methoxy groups -OCH3 is 1. The zero-order valence-corrected chi connectivity index (χ0v) is 16.3. The molecule has 2 fully saturated rings. The van der Waals surface area contributed by atoms with Crippen molar-refractivity contribution in [3.05, 3.63) is 60.2 Å². The lowest BCUT2D eigenvalue weighted by Crippen LogP contribution is -2.67. The van der Waals surface area contributed by atoms with Crippen LogP contribution in [0.3, 0.4) is 0 Å². The lowest BCUT2D eigenvalue weighted by Gasteiger charge is -2.46. The van der Waals surface area contributed by atoms with Crippen molar-refractivity contribution in [1.82, 2.24) is 5.06 Å². The Morgan fingerprint density at radius 3 is 2.30 bits per heavy atom. The predicted molar refractivity (Wildman–Crippen MR) is 105 cm³/mol. The zero-order chi connectivity index (χ0) is 19.2. The van der Waals surface area contributed by atoms with Gasteiger partial charge in [0.25, 0.3) is 5.91 Å². The van der Waals surface area contributed by atoms with Gasteiger partial charge in [-0.2, -0.15) is 5.06 Å². The summed E-state index contributed by atoms with van der Waals surface area (Å²) in [6.45, 7) is 6.92. The number of anilines is 1. The average Bonchev–Trinajstić information content (AvgIpc) is 3.10. The standard InChI is InChI=1S/C22H26N2O3/c1-21(2,3)24-19(16-8-6-5-7-9-16)14-22(27-24)15-23(20(22)25)17-10-12-18(26-4)13-11-17/h5-13,19H,14-15H2,1-4H3/t19-,22+/m0/s1. The van der Waals surface area contributed by atoms with Crippen LogP contribution in [-0.4, -0.2) is 35.8 Å². The second-order valence-electron chi connectivity index (χ2n) is 8.30. The van der Waals surface area contributed by atoms with Crippen molar-refractivity contribution in [2.24, 2.45) is 0 Å². The molecule has 0 aromatic heterocycles. The van der Waals surface area contributed by atoms with Crippen LogP contribution in [0, 0.1) is 0 Å². The number of hydrogen-bond acceptors (Lipinski definition) is 4. The molecule has 0 aliphatic carbocycles. The Kier molecular flexibility index (Phi) is 4.24. The third kappa shape index (κ3) is 3.01. The number of amides is 1. The van der Waals surface area contributed by atoms with Crippen molar-refractivity contribution < 1.29 is 14.4 Å². The van der Waals surface area contributed by atoms with Gasteiger partial charge in [0, 0.05) is 17.6 Å². The highest BCUT2D eigenvalue weighted by Gasteiger charge is 2.62. The maximum atomic E-state index is 13.1. The van der Waals surface area contributed by atoms with E-state index < -0.39 is 5.60 Å². The van der Waals surface area contributed by atoms with Gasteiger partial charge in [-0.1, -0.05) is 30.3 Å². The topological polar surface area (TPSA) is 42.0 Å². The molecule has 4 rings (SSSR count). The molecule has 0 bridgehead atoms. The van der Waals surface area contributed by atoms with Crippen LogP contribution in [0.5, 0.6) is 5.75 Å². The molecule has 0 N–H and O–H groups in total. The molecule has 2 heterocycles. The Labute approximate surface area is 160 Å². The number of rotatable bonds is 3. The van der Waals surface area contributed by atoms with Crippen LogP contribution in [0.25, 0.3) is 0 Å². The molecule has 2 saturated heterocycles. The second-order valence-corrected chi connectivity index (χ2v) is 8.30. The molecule has 27 heavy (non-hydrogen) atoms. The molecule has 1 amide bonds. The Morgan fingerprint density at radius 2 is 1.74 bits per heavy atom. The molecule has 2 aliphatic heterocycles. The third-order valence-electron chi connectivity index (χ3n) is 5.36. The molecule has 0 unspecified atom stereocenters. The van der Waals surface area contributed by atoms with E-state index in [2.05, 4.69) is 32.9 Å². The predicted octanol–water partition coefficient (Wildman–Crippen LogP) is 3.96. The molecule has 5 heteroatoms. The third-order valence-corrected chi connectivity index (χ3v) is 5.36. The number of ether oxygens (including phenoxy) is 1. The van der Waals surface area contributed by atoms with Gasteiger partial charge in [0.1, 0.15) is 5.75 Å². The van der Waals surface area contributed by atoms with Gasteiger partial charge < -0.3 is 9.64 Å². The van der Waals surface area contributed by atoms with Crippen LogP contribution in [0.15, 0.2) is 54.6 Å². The first-order valence-electron chi connectivity index (χ1n) is 9.33. The fourth-order valence-electron chi connectivity index (χ4n) is 3.96. The Bertz CT molecular complexity index is 829. The van der Waals surface area contributed by atoms with Crippen LogP contribution < -0.4 is 9.64 Å². The van der Waals surface area contributed by atoms with Gasteiger partial charge in [-0.15, -0.1) is 0 Å². The monoisotopic (exact) mass is 366 g/mol. The number of carbonyl (C=O) groups excluding carboxylic acids is 1. The molecule has 0 radical (unpaired) electrons. The first-order valence-corrected chi connectivity index (χ1v) is 9.33. The minimum Gasteiger partial charge on any atom is -0.497 e. The van der Waals surface area contributed by atoms with Crippen LogP contribution >= 0.6 is 0 Å². The quantitative estimate of drug-likeness (QED) is 0.771. The van der Waals surface area contributed by atoms with E-state index in [1.165, 1.54) is 5.56 Å². The van der Waals surface area contributed by atoms with Gasteiger partial charge in [-0.25, -0.2) is 0 Å². The summed E-state index contributed by atoms with van der Waals surface area (Å²) in [5, 5.41) is 2.01. The highest BCUT2D eigenvalue weighted by Crippen LogP contribution is 2.49. The molecule has 5 nitrogen and oxygen atoms in total. The van der Waals surface area contributed by atoms with Crippen LogP contribution in [0.1, 0.15) is 38.8 Å². The minimum atomic E-state index is -0.770. The van der Waals surface area contributed by atoms with E-state index in [4.69, 9.17) is 9.57 Å². The molecular formula is C22H26N2O3. The number of carbonyl (C=O) groups is 1. The minimum absolute atomic E-state index is 0.0281. The smallest absolute Gasteiger partial charge is 0.263 e. The summed E-state index contributed by atoms with van der Waals surface area (Å²) in [6, 6.07) is 17.9. The first-order chi connectivity index (χ1) is 12.8. The van der Waals surface area contributed by atoms with Crippen LogP contribution in [-0.2, 0) is 9.63 Å².